The summed E-state index contributed by atoms with van der Waals surface area (Å²) in [6, 6.07) is 3.63. The first-order valence-corrected chi connectivity index (χ1v) is 7.99. The minimum Gasteiger partial charge on any atom is -0.382 e. The molecule has 2 rings (SSSR count). The van der Waals surface area contributed by atoms with Crippen LogP contribution in [0.3, 0.4) is 0 Å². The van der Waals surface area contributed by atoms with Crippen molar-refractivity contribution in [1.29, 1.82) is 0 Å². The molecule has 1 aromatic carbocycles. The van der Waals surface area contributed by atoms with E-state index in [1.807, 2.05) is 0 Å². The molecule has 5 nitrogen and oxygen atoms in total. The van der Waals surface area contributed by atoms with Gasteiger partial charge in [-0.2, -0.15) is 0 Å². The van der Waals surface area contributed by atoms with E-state index in [1.54, 1.807) is 0 Å². The van der Waals surface area contributed by atoms with Crippen LogP contribution >= 0.6 is 0 Å². The number of halogens is 1. The maximum absolute atomic E-state index is 13.9. The summed E-state index contributed by atoms with van der Waals surface area (Å²) in [5, 5.41) is 7.99. The highest BCUT2D eigenvalue weighted by molar-refractivity contribution is 7.89. The standard InChI is InChI=1S/C13H19FN2O3S/c1-13(4-6-19-7-5-13)9-16-12-3-2-10(8-11(12)14)20(15,17)18/h2-3,8,16H,4-7,9H2,1H3,(H2,15,17,18). The van der Waals surface area contributed by atoms with Gasteiger partial charge in [-0.25, -0.2) is 17.9 Å². The summed E-state index contributed by atoms with van der Waals surface area (Å²) in [6.45, 7) is 4.16. The molecule has 7 heteroatoms. The Labute approximate surface area is 118 Å². The van der Waals surface area contributed by atoms with Crippen LogP contribution in [0.2, 0.25) is 0 Å². The van der Waals surface area contributed by atoms with Gasteiger partial charge in [0.25, 0.3) is 0 Å². The third kappa shape index (κ3) is 3.68. The van der Waals surface area contributed by atoms with E-state index < -0.39 is 15.8 Å². The van der Waals surface area contributed by atoms with Crippen LogP contribution in [-0.4, -0.2) is 28.2 Å². The van der Waals surface area contributed by atoms with Crippen LogP contribution in [0, 0.1) is 11.2 Å². The number of nitrogens with one attached hydrogen (secondary N) is 1. The second-order valence-corrected chi connectivity index (χ2v) is 7.02. The summed E-state index contributed by atoms with van der Waals surface area (Å²) in [6.07, 6.45) is 1.83. The minimum absolute atomic E-state index is 0.0588. The van der Waals surface area contributed by atoms with Crippen molar-refractivity contribution in [3.8, 4) is 0 Å². The van der Waals surface area contributed by atoms with Gasteiger partial charge in [0.15, 0.2) is 0 Å². The molecule has 1 aliphatic heterocycles. The van der Waals surface area contributed by atoms with Gasteiger partial charge in [-0.1, -0.05) is 6.92 Å². The maximum atomic E-state index is 13.9. The number of sulfonamides is 1. The Morgan fingerprint density at radius 1 is 1.40 bits per heavy atom. The lowest BCUT2D eigenvalue weighted by molar-refractivity contribution is 0.0300. The van der Waals surface area contributed by atoms with Crippen molar-refractivity contribution in [2.24, 2.45) is 10.6 Å². The number of hydrogen-bond donors (Lipinski definition) is 2. The molecule has 20 heavy (non-hydrogen) atoms. The van der Waals surface area contributed by atoms with Crippen molar-refractivity contribution in [3.63, 3.8) is 0 Å². The number of primary sulfonamides is 1. The number of anilines is 1. The number of ether oxygens (including phenoxy) is 1. The number of nitrogens with two attached hydrogens (primary N) is 1. The van der Waals surface area contributed by atoms with Crippen molar-refractivity contribution < 1.29 is 17.5 Å². The molecule has 0 radical (unpaired) electrons. The highest BCUT2D eigenvalue weighted by Crippen LogP contribution is 2.30. The molecule has 1 saturated heterocycles. The van der Waals surface area contributed by atoms with Gasteiger partial charge in [0.2, 0.25) is 10.0 Å². The summed E-state index contributed by atoms with van der Waals surface area (Å²) in [4.78, 5) is -0.224. The third-order valence-corrected chi connectivity index (χ3v) is 4.59. The molecule has 1 heterocycles. The van der Waals surface area contributed by atoms with Gasteiger partial charge in [0, 0.05) is 19.8 Å². The minimum atomic E-state index is -3.87. The zero-order valence-electron chi connectivity index (χ0n) is 11.4. The summed E-state index contributed by atoms with van der Waals surface area (Å²) in [5.74, 6) is -0.618. The Kier molecular flexibility index (Phi) is 4.31. The molecule has 0 unspecified atom stereocenters. The smallest absolute Gasteiger partial charge is 0.238 e. The van der Waals surface area contributed by atoms with Crippen LogP contribution in [0.5, 0.6) is 0 Å². The highest BCUT2D eigenvalue weighted by atomic mass is 32.2. The quantitative estimate of drug-likeness (QED) is 0.887. The number of hydrogen-bond acceptors (Lipinski definition) is 4. The molecule has 0 saturated carbocycles. The second-order valence-electron chi connectivity index (χ2n) is 5.46. The maximum Gasteiger partial charge on any atom is 0.238 e. The molecule has 0 atom stereocenters. The zero-order chi connectivity index (χ0) is 14.8. The molecule has 0 aromatic heterocycles. The monoisotopic (exact) mass is 302 g/mol. The predicted octanol–water partition coefficient (Wildman–Crippen LogP) is 1.70. The van der Waals surface area contributed by atoms with Crippen LogP contribution in [0.25, 0.3) is 0 Å². The molecular formula is C13H19FN2O3S. The van der Waals surface area contributed by atoms with Crippen LogP contribution < -0.4 is 10.5 Å². The lowest BCUT2D eigenvalue weighted by Crippen LogP contribution is -2.33. The Balaban J connectivity index is 2.07. The fourth-order valence-corrected chi connectivity index (χ4v) is 2.69. The molecular weight excluding hydrogens is 283 g/mol. The van der Waals surface area contributed by atoms with Gasteiger partial charge in [0.1, 0.15) is 5.82 Å². The van der Waals surface area contributed by atoms with Gasteiger partial charge in [-0.15, -0.1) is 0 Å². The summed E-state index contributed by atoms with van der Waals surface area (Å²) >= 11 is 0. The van der Waals surface area contributed by atoms with Crippen LogP contribution in [-0.2, 0) is 14.8 Å². The van der Waals surface area contributed by atoms with Crippen LogP contribution in [0.15, 0.2) is 23.1 Å². The molecule has 0 bridgehead atoms. The van der Waals surface area contributed by atoms with Crippen molar-refractivity contribution in [1.82, 2.24) is 0 Å². The summed E-state index contributed by atoms with van der Waals surface area (Å²) < 4.78 is 41.4. The average molecular weight is 302 g/mol. The Bertz CT molecular complexity index is 583. The van der Waals surface area contributed by atoms with E-state index in [0.717, 1.165) is 18.9 Å². The SMILES string of the molecule is CC1(CNc2ccc(S(N)(=O)=O)cc2F)CCOCC1. The average Bonchev–Trinajstić information content (AvgIpc) is 2.37. The van der Waals surface area contributed by atoms with E-state index in [0.29, 0.717) is 19.8 Å². The Morgan fingerprint density at radius 3 is 2.60 bits per heavy atom. The first-order chi connectivity index (χ1) is 9.30. The van der Waals surface area contributed by atoms with Gasteiger partial charge >= 0.3 is 0 Å². The fraction of sp³-hybridized carbons (Fsp3) is 0.538. The molecule has 1 fully saturated rings. The Hall–Kier alpha value is -1.18. The molecule has 1 aliphatic rings. The lowest BCUT2D eigenvalue weighted by Gasteiger charge is -2.34. The van der Waals surface area contributed by atoms with Gasteiger partial charge < -0.3 is 10.1 Å². The van der Waals surface area contributed by atoms with E-state index in [-0.39, 0.29) is 16.0 Å². The normalized spacial score (nSPS) is 18.8. The van der Waals surface area contributed by atoms with Gasteiger partial charge in [-0.05, 0) is 36.5 Å². The topological polar surface area (TPSA) is 81.4 Å². The second kappa shape index (κ2) is 5.67. The highest BCUT2D eigenvalue weighted by Gasteiger charge is 2.27. The molecule has 0 amide bonds. The summed E-state index contributed by atoms with van der Waals surface area (Å²) in [5.41, 5.74) is 0.341. The molecule has 1 aromatic rings. The van der Waals surface area contributed by atoms with Crippen LogP contribution in [0.1, 0.15) is 19.8 Å². The first kappa shape index (κ1) is 15.2. The zero-order valence-corrected chi connectivity index (χ0v) is 12.2. The van der Waals surface area contributed by atoms with Crippen molar-refractivity contribution in [3.05, 3.63) is 24.0 Å². The van der Waals surface area contributed by atoms with Crippen molar-refractivity contribution >= 4 is 15.7 Å². The van der Waals surface area contributed by atoms with Crippen molar-refractivity contribution in [2.45, 2.75) is 24.7 Å². The predicted molar refractivity (Wildman–Crippen MR) is 74.4 cm³/mol. The van der Waals surface area contributed by atoms with E-state index in [1.165, 1.54) is 12.1 Å². The molecule has 0 aliphatic carbocycles. The third-order valence-electron chi connectivity index (χ3n) is 3.67. The largest absolute Gasteiger partial charge is 0.382 e. The van der Waals surface area contributed by atoms with Gasteiger partial charge in [-0.3, -0.25) is 0 Å². The fourth-order valence-electron chi connectivity index (χ4n) is 2.17. The Morgan fingerprint density at radius 2 is 2.05 bits per heavy atom. The van der Waals surface area contributed by atoms with E-state index in [2.05, 4.69) is 12.2 Å². The number of benzene rings is 1. The first-order valence-electron chi connectivity index (χ1n) is 6.44. The lowest BCUT2D eigenvalue weighted by atomic mass is 9.82. The van der Waals surface area contributed by atoms with Crippen LogP contribution in [0.4, 0.5) is 10.1 Å². The summed E-state index contributed by atoms with van der Waals surface area (Å²) in [7, 11) is -3.87. The van der Waals surface area contributed by atoms with E-state index in [4.69, 9.17) is 9.88 Å². The molecule has 0 spiro atoms. The molecule has 3 N–H and O–H groups in total. The van der Waals surface area contributed by atoms with E-state index >= 15 is 0 Å². The van der Waals surface area contributed by atoms with Gasteiger partial charge in [0.05, 0.1) is 10.6 Å². The van der Waals surface area contributed by atoms with Crippen molar-refractivity contribution in [2.75, 3.05) is 25.1 Å². The number of rotatable bonds is 4. The molecule has 112 valence electrons. The van der Waals surface area contributed by atoms with E-state index in [9.17, 15) is 12.8 Å².